The number of carbonyl (C=O) groups is 1. The monoisotopic (exact) mass is 186 g/mol. The quantitative estimate of drug-likeness (QED) is 0.596. The highest BCUT2D eigenvalue weighted by Crippen LogP contribution is 2.16. The summed E-state index contributed by atoms with van der Waals surface area (Å²) in [5.41, 5.74) is 5.55. The third kappa shape index (κ3) is 2.97. The van der Waals surface area contributed by atoms with Crippen molar-refractivity contribution in [3.63, 3.8) is 0 Å². The van der Waals surface area contributed by atoms with Crippen molar-refractivity contribution in [2.45, 2.75) is 13.3 Å². The molecule has 1 rings (SSSR count). The number of ether oxygens (including phenoxy) is 1. The van der Waals surface area contributed by atoms with E-state index in [1.807, 2.05) is 6.92 Å². The first kappa shape index (κ1) is 10.5. The summed E-state index contributed by atoms with van der Waals surface area (Å²) in [5, 5.41) is 3.19. The number of esters is 1. The molecule has 0 aromatic carbocycles. The van der Waals surface area contributed by atoms with Crippen LogP contribution in [0.2, 0.25) is 0 Å². The molecule has 0 amide bonds. The van der Waals surface area contributed by atoms with Gasteiger partial charge >= 0.3 is 5.97 Å². The van der Waals surface area contributed by atoms with E-state index in [9.17, 15) is 4.79 Å². The van der Waals surface area contributed by atoms with Gasteiger partial charge in [0.1, 0.15) is 0 Å². The van der Waals surface area contributed by atoms with Crippen molar-refractivity contribution >= 4 is 5.97 Å². The van der Waals surface area contributed by atoms with Gasteiger partial charge in [-0.2, -0.15) is 0 Å². The minimum absolute atomic E-state index is 0.00208. The third-order valence-electron chi connectivity index (χ3n) is 2.39. The molecule has 76 valence electrons. The van der Waals surface area contributed by atoms with Crippen molar-refractivity contribution in [3.05, 3.63) is 0 Å². The van der Waals surface area contributed by atoms with Gasteiger partial charge < -0.3 is 15.8 Å². The molecule has 1 aliphatic heterocycles. The normalized spacial score (nSPS) is 28.5. The van der Waals surface area contributed by atoms with Crippen LogP contribution in [0.25, 0.3) is 0 Å². The molecule has 0 spiro atoms. The molecule has 1 aliphatic rings. The minimum atomic E-state index is -0.0897. The fourth-order valence-corrected chi connectivity index (χ4v) is 1.65. The molecule has 0 aromatic rings. The van der Waals surface area contributed by atoms with E-state index in [1.165, 1.54) is 0 Å². The molecule has 0 bridgehead atoms. The smallest absolute Gasteiger partial charge is 0.310 e. The summed E-state index contributed by atoms with van der Waals surface area (Å²) >= 11 is 0. The average Bonchev–Trinajstić information content (AvgIpc) is 2.18. The van der Waals surface area contributed by atoms with E-state index in [4.69, 9.17) is 10.5 Å². The molecule has 4 nitrogen and oxygen atoms in total. The number of carbonyl (C=O) groups excluding carboxylic acids is 1. The van der Waals surface area contributed by atoms with Crippen LogP contribution < -0.4 is 11.1 Å². The topological polar surface area (TPSA) is 64.3 Å². The lowest BCUT2D eigenvalue weighted by molar-refractivity contribution is -0.149. The summed E-state index contributed by atoms with van der Waals surface area (Å²) in [5.74, 6) is 0.332. The van der Waals surface area contributed by atoms with Gasteiger partial charge in [-0.3, -0.25) is 4.79 Å². The fraction of sp³-hybridized carbons (Fsp3) is 0.889. The molecule has 0 aromatic heterocycles. The van der Waals surface area contributed by atoms with Crippen LogP contribution in [0.4, 0.5) is 0 Å². The predicted molar refractivity (Wildman–Crippen MR) is 50.2 cm³/mol. The van der Waals surface area contributed by atoms with Crippen LogP contribution in [0.1, 0.15) is 13.3 Å². The van der Waals surface area contributed by atoms with Gasteiger partial charge in [-0.05, 0) is 32.4 Å². The zero-order valence-electron chi connectivity index (χ0n) is 8.08. The van der Waals surface area contributed by atoms with E-state index in [-0.39, 0.29) is 11.9 Å². The Kier molecular flexibility index (Phi) is 4.18. The van der Waals surface area contributed by atoms with Crippen LogP contribution in [-0.2, 0) is 9.53 Å². The first-order valence-electron chi connectivity index (χ1n) is 4.85. The second-order valence-electron chi connectivity index (χ2n) is 3.44. The fourth-order valence-electron chi connectivity index (χ4n) is 1.65. The van der Waals surface area contributed by atoms with E-state index >= 15 is 0 Å². The van der Waals surface area contributed by atoms with Crippen LogP contribution in [0.3, 0.4) is 0 Å². The Hall–Kier alpha value is -0.610. The number of nitrogens with two attached hydrogens (primary N) is 1. The standard InChI is InChI=1S/C9H18N2O2/c1-2-13-9(12)8-3-7(4-10)5-11-6-8/h7-8,11H,2-6,10H2,1H3. The number of piperidine rings is 1. The van der Waals surface area contributed by atoms with E-state index < -0.39 is 0 Å². The van der Waals surface area contributed by atoms with Crippen LogP contribution in [0.15, 0.2) is 0 Å². The largest absolute Gasteiger partial charge is 0.466 e. The molecule has 3 N–H and O–H groups in total. The summed E-state index contributed by atoms with van der Waals surface area (Å²) < 4.78 is 4.95. The molecule has 2 unspecified atom stereocenters. The highest BCUT2D eigenvalue weighted by molar-refractivity contribution is 5.72. The lowest BCUT2D eigenvalue weighted by Crippen LogP contribution is -2.42. The summed E-state index contributed by atoms with van der Waals surface area (Å²) in [7, 11) is 0. The first-order valence-corrected chi connectivity index (χ1v) is 4.85. The van der Waals surface area contributed by atoms with Crippen LogP contribution in [-0.4, -0.2) is 32.2 Å². The zero-order chi connectivity index (χ0) is 9.68. The zero-order valence-corrected chi connectivity index (χ0v) is 8.08. The van der Waals surface area contributed by atoms with Gasteiger partial charge in [-0.15, -0.1) is 0 Å². The van der Waals surface area contributed by atoms with Gasteiger partial charge in [0.25, 0.3) is 0 Å². The SMILES string of the molecule is CCOC(=O)C1CNCC(CN)C1. The molecular formula is C9H18N2O2. The first-order chi connectivity index (χ1) is 6.27. The number of hydrogen-bond acceptors (Lipinski definition) is 4. The molecule has 4 heteroatoms. The van der Waals surface area contributed by atoms with E-state index in [0.29, 0.717) is 19.1 Å². The highest BCUT2D eigenvalue weighted by Gasteiger charge is 2.26. The molecule has 1 saturated heterocycles. The molecule has 1 fully saturated rings. The maximum Gasteiger partial charge on any atom is 0.310 e. The molecule has 2 atom stereocenters. The van der Waals surface area contributed by atoms with Gasteiger partial charge in [0.05, 0.1) is 12.5 Å². The Bertz CT molecular complexity index is 173. The Morgan fingerprint density at radius 2 is 2.38 bits per heavy atom. The van der Waals surface area contributed by atoms with Gasteiger partial charge in [0.2, 0.25) is 0 Å². The van der Waals surface area contributed by atoms with Gasteiger partial charge in [-0.1, -0.05) is 0 Å². The predicted octanol–water partition coefficient (Wildman–Crippen LogP) is -0.266. The summed E-state index contributed by atoms with van der Waals surface area (Å²) in [6.07, 6.45) is 0.863. The van der Waals surface area contributed by atoms with Crippen molar-refractivity contribution < 1.29 is 9.53 Å². The van der Waals surface area contributed by atoms with Crippen molar-refractivity contribution in [2.75, 3.05) is 26.2 Å². The Morgan fingerprint density at radius 1 is 1.62 bits per heavy atom. The van der Waals surface area contributed by atoms with Crippen LogP contribution in [0, 0.1) is 11.8 Å². The molecular weight excluding hydrogens is 168 g/mol. The number of rotatable bonds is 3. The van der Waals surface area contributed by atoms with Crippen molar-refractivity contribution in [1.82, 2.24) is 5.32 Å². The van der Waals surface area contributed by atoms with Gasteiger partial charge in [-0.25, -0.2) is 0 Å². The van der Waals surface area contributed by atoms with E-state index in [0.717, 1.165) is 19.5 Å². The number of nitrogens with one attached hydrogen (secondary N) is 1. The average molecular weight is 186 g/mol. The van der Waals surface area contributed by atoms with Gasteiger partial charge in [0.15, 0.2) is 0 Å². The van der Waals surface area contributed by atoms with E-state index in [2.05, 4.69) is 5.32 Å². The Balaban J connectivity index is 2.37. The second-order valence-corrected chi connectivity index (χ2v) is 3.44. The number of hydrogen-bond donors (Lipinski definition) is 2. The second kappa shape index (κ2) is 5.19. The minimum Gasteiger partial charge on any atom is -0.466 e. The van der Waals surface area contributed by atoms with Crippen LogP contribution >= 0.6 is 0 Å². The maximum absolute atomic E-state index is 11.4. The molecule has 0 aliphatic carbocycles. The Labute approximate surface area is 78.8 Å². The molecule has 0 radical (unpaired) electrons. The molecule has 13 heavy (non-hydrogen) atoms. The van der Waals surface area contributed by atoms with Crippen molar-refractivity contribution in [2.24, 2.45) is 17.6 Å². The summed E-state index contributed by atoms with van der Waals surface area (Å²) in [6.45, 7) is 4.59. The lowest BCUT2D eigenvalue weighted by Gasteiger charge is -2.27. The van der Waals surface area contributed by atoms with Crippen LogP contribution in [0.5, 0.6) is 0 Å². The van der Waals surface area contributed by atoms with E-state index in [1.54, 1.807) is 0 Å². The van der Waals surface area contributed by atoms with Gasteiger partial charge in [0, 0.05) is 6.54 Å². The van der Waals surface area contributed by atoms with Crippen molar-refractivity contribution in [1.29, 1.82) is 0 Å². The summed E-state index contributed by atoms with van der Waals surface area (Å²) in [4.78, 5) is 11.4. The lowest BCUT2D eigenvalue weighted by atomic mass is 9.91. The third-order valence-corrected chi connectivity index (χ3v) is 2.39. The molecule has 1 heterocycles. The maximum atomic E-state index is 11.4. The molecule has 0 saturated carbocycles. The van der Waals surface area contributed by atoms with Crippen molar-refractivity contribution in [3.8, 4) is 0 Å². The Morgan fingerprint density at radius 3 is 3.00 bits per heavy atom. The summed E-state index contributed by atoms with van der Waals surface area (Å²) in [6, 6.07) is 0. The highest BCUT2D eigenvalue weighted by atomic mass is 16.5.